The molecule has 1 aromatic carbocycles. The third kappa shape index (κ3) is 10.3. The number of rotatable bonds is 13. The zero-order valence-corrected chi connectivity index (χ0v) is 27.1. The monoisotopic (exact) mass is 651 g/mol. The Hall–Kier alpha value is -2.54. The number of thiazole rings is 1. The maximum Gasteiger partial charge on any atom is 0.247 e. The van der Waals surface area contributed by atoms with Crippen molar-refractivity contribution in [1.82, 2.24) is 25.8 Å². The molecule has 0 bridgehead atoms. The van der Waals surface area contributed by atoms with Gasteiger partial charge in [-0.1, -0.05) is 57.2 Å². The summed E-state index contributed by atoms with van der Waals surface area (Å²) in [5.41, 5.74) is 1.14. The minimum absolute atomic E-state index is 0.0812. The molecule has 1 saturated heterocycles. The lowest BCUT2D eigenvalue weighted by atomic mass is 9.84. The Bertz CT molecular complexity index is 1410. The van der Waals surface area contributed by atoms with Gasteiger partial charge in [0.1, 0.15) is 6.04 Å². The molecule has 2 aromatic rings. The fraction of sp³-hybridized carbons (Fsp3) is 0.600. The molecule has 1 aromatic heterocycles. The largest absolute Gasteiger partial charge is 0.350 e. The number of nitrogens with zero attached hydrogens (tertiary/aromatic N) is 2. The second-order valence-electron chi connectivity index (χ2n) is 11.6. The molecular formula is C30H42ClN5O5S2. The molecule has 2 fully saturated rings. The molecule has 13 heteroatoms. The Balaban J connectivity index is 1.41. The van der Waals surface area contributed by atoms with Gasteiger partial charge in [0, 0.05) is 55.7 Å². The second kappa shape index (κ2) is 15.5. The van der Waals surface area contributed by atoms with E-state index in [1.54, 1.807) is 13.0 Å². The van der Waals surface area contributed by atoms with Crippen LogP contribution in [0.1, 0.15) is 56.9 Å². The predicted molar refractivity (Wildman–Crippen MR) is 171 cm³/mol. The molecule has 2 atom stereocenters. The number of amides is 3. The van der Waals surface area contributed by atoms with E-state index in [2.05, 4.69) is 27.5 Å². The Morgan fingerprint density at radius 2 is 1.86 bits per heavy atom. The van der Waals surface area contributed by atoms with Gasteiger partial charge < -0.3 is 16.0 Å². The van der Waals surface area contributed by atoms with E-state index in [0.717, 1.165) is 42.3 Å². The van der Waals surface area contributed by atoms with E-state index in [1.165, 1.54) is 17.8 Å². The van der Waals surface area contributed by atoms with Crippen molar-refractivity contribution < 1.29 is 22.8 Å². The molecule has 2 aliphatic rings. The summed E-state index contributed by atoms with van der Waals surface area (Å²) in [6.07, 6.45) is 6.86. The summed E-state index contributed by atoms with van der Waals surface area (Å²) in [6.45, 7) is 6.93. The SMILES string of the molecule is C=C(CN1CCS(=O)(=O)CC1)C(=O)NC[C@H](CC1CCCCC1)NC(=O)[C@H](Cc1nc2ccc(Cl)cc2s1)NC(=O)CC. The first-order chi connectivity index (χ1) is 20.5. The molecule has 4 rings (SSSR count). The lowest BCUT2D eigenvalue weighted by Crippen LogP contribution is -2.53. The molecule has 0 radical (unpaired) electrons. The highest BCUT2D eigenvalue weighted by Gasteiger charge is 2.28. The molecule has 3 N–H and O–H groups in total. The smallest absolute Gasteiger partial charge is 0.247 e. The Morgan fingerprint density at radius 1 is 1.14 bits per heavy atom. The van der Waals surface area contributed by atoms with E-state index >= 15 is 0 Å². The Labute approximate surface area is 262 Å². The number of nitrogens with one attached hydrogen (secondary N) is 3. The first-order valence-corrected chi connectivity index (χ1v) is 18.1. The first kappa shape index (κ1) is 33.4. The summed E-state index contributed by atoms with van der Waals surface area (Å²) in [5.74, 6) is -0.270. The van der Waals surface area contributed by atoms with Gasteiger partial charge in [0.15, 0.2) is 9.84 Å². The van der Waals surface area contributed by atoms with Crippen molar-refractivity contribution in [2.45, 2.75) is 70.4 Å². The van der Waals surface area contributed by atoms with Crippen molar-refractivity contribution in [3.63, 3.8) is 0 Å². The lowest BCUT2D eigenvalue weighted by Gasteiger charge is -2.29. The van der Waals surface area contributed by atoms with Crippen LogP contribution in [-0.4, -0.2) is 85.8 Å². The fourth-order valence-electron chi connectivity index (χ4n) is 5.63. The van der Waals surface area contributed by atoms with Crippen LogP contribution in [0.25, 0.3) is 10.2 Å². The summed E-state index contributed by atoms with van der Waals surface area (Å²) >= 11 is 7.58. The number of aromatic nitrogens is 1. The van der Waals surface area contributed by atoms with Crippen molar-refractivity contribution in [2.75, 3.05) is 37.7 Å². The zero-order chi connectivity index (χ0) is 31.0. The Kier molecular flexibility index (Phi) is 12.0. The topological polar surface area (TPSA) is 138 Å². The number of hydrogen-bond donors (Lipinski definition) is 3. The molecule has 1 aliphatic carbocycles. The number of carbonyl (C=O) groups excluding carboxylic acids is 3. The molecular weight excluding hydrogens is 610 g/mol. The van der Waals surface area contributed by atoms with Gasteiger partial charge in [0.2, 0.25) is 17.7 Å². The predicted octanol–water partition coefficient (Wildman–Crippen LogP) is 3.25. The fourth-order valence-corrected chi connectivity index (χ4v) is 8.19. The molecule has 2 heterocycles. The van der Waals surface area contributed by atoms with Gasteiger partial charge in [-0.3, -0.25) is 19.3 Å². The maximum atomic E-state index is 13.7. The van der Waals surface area contributed by atoms with Crippen molar-refractivity contribution in [1.29, 1.82) is 0 Å². The first-order valence-electron chi connectivity index (χ1n) is 15.0. The number of carbonyl (C=O) groups is 3. The molecule has 0 spiro atoms. The standard InChI is InChI=1S/C30H42ClN5O5S2/c1-3-27(37)34-25(17-28-35-24-10-9-22(31)16-26(24)42-28)30(39)33-23(15-21-7-5-4-6-8-21)18-32-29(38)20(2)19-36-11-13-43(40,41)14-12-36/h9-10,16,21,23,25H,2-8,11-15,17-19H2,1H3,(H,32,38)(H,33,39)(H,34,37)/t23-,25-/m0/s1. The van der Waals surface area contributed by atoms with Gasteiger partial charge in [0.05, 0.1) is 26.7 Å². The van der Waals surface area contributed by atoms with Gasteiger partial charge in [-0.25, -0.2) is 13.4 Å². The third-order valence-electron chi connectivity index (χ3n) is 8.12. The highest BCUT2D eigenvalue weighted by molar-refractivity contribution is 7.91. The molecule has 3 amide bonds. The van der Waals surface area contributed by atoms with Crippen LogP contribution in [0.5, 0.6) is 0 Å². The van der Waals surface area contributed by atoms with Gasteiger partial charge in [0.25, 0.3) is 0 Å². The van der Waals surface area contributed by atoms with Crippen LogP contribution in [0.2, 0.25) is 5.02 Å². The highest BCUT2D eigenvalue weighted by Crippen LogP contribution is 2.28. The molecule has 0 unspecified atom stereocenters. The summed E-state index contributed by atoms with van der Waals surface area (Å²) in [4.78, 5) is 45.6. The van der Waals surface area contributed by atoms with Crippen LogP contribution in [0.3, 0.4) is 0 Å². The second-order valence-corrected chi connectivity index (χ2v) is 15.4. The maximum absolute atomic E-state index is 13.7. The number of hydrogen-bond acceptors (Lipinski definition) is 8. The van der Waals surface area contributed by atoms with Crippen LogP contribution in [0.15, 0.2) is 30.4 Å². The third-order valence-corrected chi connectivity index (χ3v) is 11.0. The van der Waals surface area contributed by atoms with E-state index < -0.39 is 15.9 Å². The number of sulfone groups is 1. The average molecular weight is 652 g/mol. The van der Waals surface area contributed by atoms with Gasteiger partial charge in [-0.15, -0.1) is 11.3 Å². The van der Waals surface area contributed by atoms with E-state index in [4.69, 9.17) is 11.6 Å². The van der Waals surface area contributed by atoms with E-state index in [9.17, 15) is 22.8 Å². The summed E-state index contributed by atoms with van der Waals surface area (Å²) < 4.78 is 24.4. The number of benzene rings is 1. The quantitative estimate of drug-likeness (QED) is 0.283. The van der Waals surface area contributed by atoms with Crippen molar-refractivity contribution >= 4 is 60.7 Å². The molecule has 1 saturated carbocycles. The molecule has 236 valence electrons. The van der Waals surface area contributed by atoms with Gasteiger partial charge >= 0.3 is 0 Å². The zero-order valence-electron chi connectivity index (χ0n) is 24.7. The normalized spacial score (nSPS) is 18.9. The molecule has 10 nitrogen and oxygen atoms in total. The van der Waals surface area contributed by atoms with Crippen LogP contribution >= 0.6 is 22.9 Å². The van der Waals surface area contributed by atoms with E-state index in [-0.39, 0.29) is 54.7 Å². The highest BCUT2D eigenvalue weighted by atomic mass is 35.5. The van der Waals surface area contributed by atoms with Crippen molar-refractivity contribution in [2.24, 2.45) is 5.92 Å². The number of halogens is 1. The summed E-state index contributed by atoms with van der Waals surface area (Å²) in [6, 6.07) is 4.29. The summed E-state index contributed by atoms with van der Waals surface area (Å²) in [5, 5.41) is 10.2. The molecule has 43 heavy (non-hydrogen) atoms. The molecule has 1 aliphatic heterocycles. The minimum atomic E-state index is -3.01. The Morgan fingerprint density at radius 3 is 2.56 bits per heavy atom. The van der Waals surface area contributed by atoms with Crippen LogP contribution in [0, 0.1) is 5.92 Å². The lowest BCUT2D eigenvalue weighted by molar-refractivity contribution is -0.129. The van der Waals surface area contributed by atoms with Crippen molar-refractivity contribution in [3.8, 4) is 0 Å². The van der Waals surface area contributed by atoms with E-state index in [1.807, 2.05) is 17.0 Å². The van der Waals surface area contributed by atoms with Crippen LogP contribution < -0.4 is 16.0 Å². The van der Waals surface area contributed by atoms with Gasteiger partial charge in [-0.2, -0.15) is 0 Å². The van der Waals surface area contributed by atoms with Crippen LogP contribution in [0.4, 0.5) is 0 Å². The van der Waals surface area contributed by atoms with Gasteiger partial charge in [-0.05, 0) is 30.5 Å². The minimum Gasteiger partial charge on any atom is -0.350 e. The van der Waals surface area contributed by atoms with Crippen molar-refractivity contribution in [3.05, 3.63) is 40.4 Å². The van der Waals surface area contributed by atoms with E-state index in [0.29, 0.717) is 41.2 Å². The summed E-state index contributed by atoms with van der Waals surface area (Å²) in [7, 11) is -3.01. The van der Waals surface area contributed by atoms with Crippen LogP contribution in [-0.2, 0) is 30.6 Å². The average Bonchev–Trinajstić information content (AvgIpc) is 3.38. The number of fused-ring (bicyclic) bond motifs is 1.